The fourth-order valence-corrected chi connectivity index (χ4v) is 2.16. The molecule has 102 valence electrons. The lowest BCUT2D eigenvalue weighted by molar-refractivity contribution is 0.510. The van der Waals surface area contributed by atoms with E-state index in [4.69, 9.17) is 0 Å². The van der Waals surface area contributed by atoms with E-state index in [-0.39, 0.29) is 11.9 Å². The second-order valence-electron chi connectivity index (χ2n) is 4.43. The van der Waals surface area contributed by atoms with Gasteiger partial charge in [0, 0.05) is 6.54 Å². The highest BCUT2D eigenvalue weighted by molar-refractivity contribution is 5.27. The second-order valence-corrected chi connectivity index (χ2v) is 4.43. The summed E-state index contributed by atoms with van der Waals surface area (Å²) >= 11 is 0. The standard InChI is InChI=1S/C14H19FN4/c1-3-8-19-13(10-17-18-19)14(16-4-2)11-6-5-7-12(15)9-11/h5-7,9-10,14,16H,3-4,8H2,1-2H3. The molecule has 4 nitrogen and oxygen atoms in total. The maximum absolute atomic E-state index is 13.4. The Balaban J connectivity index is 2.36. The Morgan fingerprint density at radius 1 is 1.37 bits per heavy atom. The summed E-state index contributed by atoms with van der Waals surface area (Å²) in [5.74, 6) is -0.227. The van der Waals surface area contributed by atoms with Gasteiger partial charge in [-0.15, -0.1) is 5.10 Å². The lowest BCUT2D eigenvalue weighted by atomic mass is 10.0. The van der Waals surface area contributed by atoms with Crippen molar-refractivity contribution >= 4 is 0 Å². The van der Waals surface area contributed by atoms with Crippen LogP contribution < -0.4 is 5.32 Å². The normalized spacial score (nSPS) is 12.6. The molecule has 0 spiro atoms. The number of halogens is 1. The van der Waals surface area contributed by atoms with Gasteiger partial charge in [-0.2, -0.15) is 0 Å². The van der Waals surface area contributed by atoms with E-state index in [0.717, 1.165) is 30.8 Å². The van der Waals surface area contributed by atoms with Gasteiger partial charge in [0.05, 0.1) is 17.9 Å². The molecule has 1 N–H and O–H groups in total. The molecule has 0 fully saturated rings. The quantitative estimate of drug-likeness (QED) is 0.870. The van der Waals surface area contributed by atoms with Gasteiger partial charge in [-0.25, -0.2) is 9.07 Å². The van der Waals surface area contributed by atoms with E-state index in [9.17, 15) is 4.39 Å². The summed E-state index contributed by atoms with van der Waals surface area (Å²) in [5, 5.41) is 11.4. The van der Waals surface area contributed by atoms with Crippen LogP contribution in [-0.2, 0) is 6.54 Å². The highest BCUT2D eigenvalue weighted by atomic mass is 19.1. The van der Waals surface area contributed by atoms with Crippen LogP contribution in [0.1, 0.15) is 37.6 Å². The summed E-state index contributed by atoms with van der Waals surface area (Å²) in [6, 6.07) is 6.56. The van der Waals surface area contributed by atoms with Crippen molar-refractivity contribution in [2.45, 2.75) is 32.9 Å². The van der Waals surface area contributed by atoms with Crippen LogP contribution >= 0.6 is 0 Å². The van der Waals surface area contributed by atoms with Crippen molar-refractivity contribution in [1.82, 2.24) is 20.3 Å². The van der Waals surface area contributed by atoms with Crippen molar-refractivity contribution in [2.24, 2.45) is 0 Å². The molecule has 0 saturated heterocycles. The molecule has 0 aliphatic carbocycles. The van der Waals surface area contributed by atoms with E-state index in [1.54, 1.807) is 18.3 Å². The van der Waals surface area contributed by atoms with Gasteiger partial charge < -0.3 is 5.32 Å². The molecule has 1 atom stereocenters. The summed E-state index contributed by atoms with van der Waals surface area (Å²) in [4.78, 5) is 0. The van der Waals surface area contributed by atoms with Crippen molar-refractivity contribution in [2.75, 3.05) is 6.54 Å². The van der Waals surface area contributed by atoms with Gasteiger partial charge in [-0.3, -0.25) is 0 Å². The van der Waals surface area contributed by atoms with E-state index in [2.05, 4.69) is 22.6 Å². The number of hydrogen-bond donors (Lipinski definition) is 1. The SMILES string of the molecule is CCCn1nncc1C(NCC)c1cccc(F)c1. The third-order valence-corrected chi connectivity index (χ3v) is 2.97. The first kappa shape index (κ1) is 13.7. The average Bonchev–Trinajstić information content (AvgIpc) is 2.84. The van der Waals surface area contributed by atoms with Crippen molar-refractivity contribution in [3.05, 3.63) is 47.5 Å². The molecule has 1 aromatic heterocycles. The summed E-state index contributed by atoms with van der Waals surface area (Å²) < 4.78 is 15.3. The maximum atomic E-state index is 13.4. The Morgan fingerprint density at radius 2 is 2.21 bits per heavy atom. The highest BCUT2D eigenvalue weighted by Crippen LogP contribution is 2.22. The van der Waals surface area contributed by atoms with Gasteiger partial charge >= 0.3 is 0 Å². The smallest absolute Gasteiger partial charge is 0.123 e. The molecule has 5 heteroatoms. The predicted molar refractivity (Wildman–Crippen MR) is 72.2 cm³/mol. The minimum atomic E-state index is -0.227. The first-order chi connectivity index (χ1) is 9.26. The third-order valence-electron chi connectivity index (χ3n) is 2.97. The fraction of sp³-hybridized carbons (Fsp3) is 0.429. The zero-order chi connectivity index (χ0) is 13.7. The van der Waals surface area contributed by atoms with Crippen LogP contribution in [0.25, 0.3) is 0 Å². The number of aryl methyl sites for hydroxylation is 1. The van der Waals surface area contributed by atoms with Crippen LogP contribution in [0.5, 0.6) is 0 Å². The number of nitrogens with zero attached hydrogens (tertiary/aromatic N) is 3. The summed E-state index contributed by atoms with van der Waals surface area (Å²) in [5.41, 5.74) is 1.86. The number of benzene rings is 1. The van der Waals surface area contributed by atoms with Gasteiger partial charge in [-0.05, 0) is 30.7 Å². The molecule has 1 aromatic carbocycles. The zero-order valence-corrected chi connectivity index (χ0v) is 11.3. The molecule has 0 saturated carbocycles. The molecule has 2 rings (SSSR count). The molecule has 1 unspecified atom stereocenters. The third kappa shape index (κ3) is 3.17. The molecule has 19 heavy (non-hydrogen) atoms. The fourth-order valence-electron chi connectivity index (χ4n) is 2.16. The predicted octanol–water partition coefficient (Wildman–Crippen LogP) is 2.53. The van der Waals surface area contributed by atoms with Crippen molar-refractivity contribution in [3.63, 3.8) is 0 Å². The first-order valence-corrected chi connectivity index (χ1v) is 6.63. The Kier molecular flexibility index (Phi) is 4.63. The molecular weight excluding hydrogens is 243 g/mol. The molecule has 0 bridgehead atoms. The van der Waals surface area contributed by atoms with Crippen molar-refractivity contribution in [3.8, 4) is 0 Å². The minimum absolute atomic E-state index is 0.0813. The van der Waals surface area contributed by atoms with Crippen molar-refractivity contribution in [1.29, 1.82) is 0 Å². The first-order valence-electron chi connectivity index (χ1n) is 6.63. The van der Waals surface area contributed by atoms with Gasteiger partial charge in [0.1, 0.15) is 5.82 Å². The molecular formula is C14H19FN4. The largest absolute Gasteiger partial charge is 0.305 e. The molecule has 0 aliphatic rings. The highest BCUT2D eigenvalue weighted by Gasteiger charge is 2.18. The van der Waals surface area contributed by atoms with Crippen LogP contribution in [0, 0.1) is 5.82 Å². The average molecular weight is 262 g/mol. The molecule has 1 heterocycles. The number of nitrogens with one attached hydrogen (secondary N) is 1. The van der Waals surface area contributed by atoms with E-state index < -0.39 is 0 Å². The minimum Gasteiger partial charge on any atom is -0.305 e. The van der Waals surface area contributed by atoms with Crippen LogP contribution in [0.15, 0.2) is 30.5 Å². The second kappa shape index (κ2) is 6.43. The van der Waals surface area contributed by atoms with Gasteiger partial charge in [0.2, 0.25) is 0 Å². The van der Waals surface area contributed by atoms with Crippen LogP contribution in [-0.4, -0.2) is 21.5 Å². The molecule has 0 radical (unpaired) electrons. The summed E-state index contributed by atoms with van der Waals surface area (Å²) in [6.45, 7) is 5.72. The topological polar surface area (TPSA) is 42.7 Å². The maximum Gasteiger partial charge on any atom is 0.123 e. The van der Waals surface area contributed by atoms with E-state index in [0.29, 0.717) is 0 Å². The molecule has 0 amide bonds. The van der Waals surface area contributed by atoms with Crippen LogP contribution in [0.4, 0.5) is 4.39 Å². The Bertz CT molecular complexity index is 524. The number of rotatable bonds is 6. The van der Waals surface area contributed by atoms with E-state index in [1.807, 2.05) is 17.7 Å². The number of hydrogen-bond acceptors (Lipinski definition) is 3. The Hall–Kier alpha value is -1.75. The summed E-state index contributed by atoms with van der Waals surface area (Å²) in [6.07, 6.45) is 2.73. The van der Waals surface area contributed by atoms with Crippen molar-refractivity contribution < 1.29 is 4.39 Å². The van der Waals surface area contributed by atoms with Gasteiger partial charge in [0.25, 0.3) is 0 Å². The lowest BCUT2D eigenvalue weighted by Crippen LogP contribution is -2.25. The lowest BCUT2D eigenvalue weighted by Gasteiger charge is -2.19. The Labute approximate surface area is 112 Å². The van der Waals surface area contributed by atoms with Gasteiger partial charge in [-0.1, -0.05) is 31.2 Å². The van der Waals surface area contributed by atoms with E-state index in [1.165, 1.54) is 6.07 Å². The number of aromatic nitrogens is 3. The summed E-state index contributed by atoms with van der Waals surface area (Å²) in [7, 11) is 0. The van der Waals surface area contributed by atoms with Crippen LogP contribution in [0.3, 0.4) is 0 Å². The Morgan fingerprint density at radius 3 is 2.89 bits per heavy atom. The molecule has 0 aliphatic heterocycles. The zero-order valence-electron chi connectivity index (χ0n) is 11.3. The monoisotopic (exact) mass is 262 g/mol. The van der Waals surface area contributed by atoms with Crippen LogP contribution in [0.2, 0.25) is 0 Å². The van der Waals surface area contributed by atoms with Gasteiger partial charge in [0.15, 0.2) is 0 Å². The van der Waals surface area contributed by atoms with E-state index >= 15 is 0 Å². The molecule has 2 aromatic rings.